The minimum absolute atomic E-state index is 0.255. The van der Waals surface area contributed by atoms with Crippen LogP contribution in [0.1, 0.15) is 15.9 Å². The first kappa shape index (κ1) is 21.7. The topological polar surface area (TPSA) is 73.0 Å². The summed E-state index contributed by atoms with van der Waals surface area (Å²) in [6, 6.07) is 25.3. The molecule has 1 amide bonds. The number of rotatable bonds is 8. The van der Waals surface area contributed by atoms with E-state index >= 15 is 0 Å². The summed E-state index contributed by atoms with van der Waals surface area (Å²) >= 11 is 0. The smallest absolute Gasteiger partial charge is 0.250 e. The number of piperazine rings is 1. The van der Waals surface area contributed by atoms with E-state index in [2.05, 4.69) is 39.0 Å². The number of phenols is 1. The van der Waals surface area contributed by atoms with Gasteiger partial charge in [0.25, 0.3) is 5.91 Å². The van der Waals surface area contributed by atoms with Gasteiger partial charge in [-0.15, -0.1) is 0 Å². The summed E-state index contributed by atoms with van der Waals surface area (Å²) in [5.41, 5.74) is 9.04. The molecule has 166 valence electrons. The summed E-state index contributed by atoms with van der Waals surface area (Å²) in [7, 11) is 0. The third-order valence-corrected chi connectivity index (χ3v) is 6.04. The highest BCUT2D eigenvalue weighted by Crippen LogP contribution is 2.25. The Balaban J connectivity index is 1.45. The van der Waals surface area contributed by atoms with E-state index in [1.54, 1.807) is 12.1 Å². The van der Waals surface area contributed by atoms with Crippen LogP contribution in [-0.4, -0.2) is 55.2 Å². The number of primary amides is 1. The van der Waals surface area contributed by atoms with E-state index in [9.17, 15) is 9.90 Å². The van der Waals surface area contributed by atoms with E-state index in [1.807, 2.05) is 42.5 Å². The first-order chi connectivity index (χ1) is 15.6. The van der Waals surface area contributed by atoms with Crippen LogP contribution >= 0.6 is 0 Å². The number of aromatic hydroxyl groups is 1. The summed E-state index contributed by atoms with van der Waals surface area (Å²) in [5.74, 6) is -0.190. The van der Waals surface area contributed by atoms with Gasteiger partial charge in [0.05, 0.1) is 5.56 Å². The first-order valence-corrected chi connectivity index (χ1v) is 11.0. The Morgan fingerprint density at radius 1 is 0.875 bits per heavy atom. The van der Waals surface area contributed by atoms with Crippen molar-refractivity contribution in [3.05, 3.63) is 90.0 Å². The quantitative estimate of drug-likeness (QED) is 0.574. The van der Waals surface area contributed by atoms with Gasteiger partial charge < -0.3 is 20.6 Å². The van der Waals surface area contributed by atoms with Gasteiger partial charge in [0, 0.05) is 62.8 Å². The van der Waals surface area contributed by atoms with Gasteiger partial charge in [-0.2, -0.15) is 0 Å². The SMILES string of the molecule is NC(=O)c1ccccc1N(CCN1CCN(c2ccccc2)CC1)Cc1ccccc1O. The molecule has 0 spiro atoms. The second-order valence-electron chi connectivity index (χ2n) is 8.10. The zero-order valence-electron chi connectivity index (χ0n) is 18.2. The molecular formula is C26H30N4O2. The van der Waals surface area contributed by atoms with Crippen LogP contribution in [-0.2, 0) is 6.54 Å². The molecule has 0 saturated carbocycles. The number of hydrogen-bond donors (Lipinski definition) is 2. The number of amides is 1. The van der Waals surface area contributed by atoms with Crippen LogP contribution in [0.2, 0.25) is 0 Å². The lowest BCUT2D eigenvalue weighted by Gasteiger charge is -2.37. The molecule has 6 heteroatoms. The predicted octanol–water partition coefficient (Wildman–Crippen LogP) is 3.32. The van der Waals surface area contributed by atoms with Gasteiger partial charge in [-0.05, 0) is 30.3 Å². The molecule has 3 aromatic carbocycles. The van der Waals surface area contributed by atoms with Gasteiger partial charge in [-0.3, -0.25) is 9.69 Å². The average molecular weight is 431 g/mol. The molecule has 4 rings (SSSR count). The van der Waals surface area contributed by atoms with Crippen LogP contribution in [0, 0.1) is 0 Å². The largest absolute Gasteiger partial charge is 0.508 e. The molecular weight excluding hydrogens is 400 g/mol. The lowest BCUT2D eigenvalue weighted by Crippen LogP contribution is -2.48. The number of phenolic OH excluding ortho intramolecular Hbond substituents is 1. The Kier molecular flexibility index (Phi) is 6.92. The summed E-state index contributed by atoms with van der Waals surface area (Å²) in [5, 5.41) is 10.3. The fourth-order valence-electron chi connectivity index (χ4n) is 4.22. The van der Waals surface area contributed by atoms with Crippen LogP contribution in [0.15, 0.2) is 78.9 Å². The molecule has 0 aliphatic carbocycles. The highest BCUT2D eigenvalue weighted by Gasteiger charge is 2.20. The van der Waals surface area contributed by atoms with E-state index < -0.39 is 5.91 Å². The summed E-state index contributed by atoms with van der Waals surface area (Å²) in [4.78, 5) is 19.1. The van der Waals surface area contributed by atoms with E-state index in [1.165, 1.54) is 5.69 Å². The number of anilines is 2. The van der Waals surface area contributed by atoms with Gasteiger partial charge in [0.2, 0.25) is 0 Å². The van der Waals surface area contributed by atoms with E-state index in [0.717, 1.165) is 50.5 Å². The second kappa shape index (κ2) is 10.2. The molecule has 1 fully saturated rings. The normalized spacial score (nSPS) is 14.3. The van der Waals surface area contributed by atoms with Crippen molar-refractivity contribution in [1.29, 1.82) is 0 Å². The zero-order chi connectivity index (χ0) is 22.3. The van der Waals surface area contributed by atoms with Crippen LogP contribution in [0.3, 0.4) is 0 Å². The molecule has 1 aliphatic rings. The predicted molar refractivity (Wildman–Crippen MR) is 129 cm³/mol. The maximum Gasteiger partial charge on any atom is 0.250 e. The van der Waals surface area contributed by atoms with Crippen molar-refractivity contribution in [2.45, 2.75) is 6.54 Å². The van der Waals surface area contributed by atoms with Crippen LogP contribution in [0.25, 0.3) is 0 Å². The maximum atomic E-state index is 12.1. The summed E-state index contributed by atoms with van der Waals surface area (Å²) in [6.45, 7) is 6.03. The van der Waals surface area contributed by atoms with Crippen molar-refractivity contribution < 1.29 is 9.90 Å². The molecule has 0 bridgehead atoms. The second-order valence-corrected chi connectivity index (χ2v) is 8.10. The lowest BCUT2D eigenvalue weighted by atomic mass is 10.1. The van der Waals surface area contributed by atoms with Crippen molar-refractivity contribution in [2.75, 3.05) is 49.1 Å². The standard InChI is InChI=1S/C26H30N4O2/c27-26(32)23-11-5-6-12-24(23)30(20-21-8-4-7-13-25(21)31)19-16-28-14-17-29(18-15-28)22-9-2-1-3-10-22/h1-13,31H,14-20H2,(H2,27,32). The van der Waals surface area contributed by atoms with E-state index in [0.29, 0.717) is 12.1 Å². The van der Waals surface area contributed by atoms with Crippen molar-refractivity contribution in [3.8, 4) is 5.75 Å². The van der Waals surface area contributed by atoms with Crippen LogP contribution in [0.5, 0.6) is 5.75 Å². The monoisotopic (exact) mass is 430 g/mol. The third-order valence-electron chi connectivity index (χ3n) is 6.04. The Morgan fingerprint density at radius 3 is 2.25 bits per heavy atom. The van der Waals surface area contributed by atoms with Gasteiger partial charge in [-0.25, -0.2) is 0 Å². The number of nitrogens with two attached hydrogens (primary N) is 1. The van der Waals surface area contributed by atoms with E-state index in [-0.39, 0.29) is 5.75 Å². The molecule has 0 atom stereocenters. The molecule has 0 aromatic heterocycles. The van der Waals surface area contributed by atoms with E-state index in [4.69, 9.17) is 5.73 Å². The molecule has 1 heterocycles. The number of para-hydroxylation sites is 3. The Hall–Kier alpha value is -3.51. The van der Waals surface area contributed by atoms with Gasteiger partial charge in [0.1, 0.15) is 5.75 Å². The third kappa shape index (κ3) is 5.21. The molecule has 3 aromatic rings. The minimum atomic E-state index is -0.445. The number of hydrogen-bond acceptors (Lipinski definition) is 5. The fraction of sp³-hybridized carbons (Fsp3) is 0.269. The summed E-state index contributed by atoms with van der Waals surface area (Å²) in [6.07, 6.45) is 0. The van der Waals surface area contributed by atoms with Gasteiger partial charge in [-0.1, -0.05) is 48.5 Å². The fourth-order valence-corrected chi connectivity index (χ4v) is 4.22. The Morgan fingerprint density at radius 2 is 1.53 bits per heavy atom. The lowest BCUT2D eigenvalue weighted by molar-refractivity contribution is 0.100. The van der Waals surface area contributed by atoms with Crippen molar-refractivity contribution in [3.63, 3.8) is 0 Å². The average Bonchev–Trinajstić information content (AvgIpc) is 2.84. The zero-order valence-corrected chi connectivity index (χ0v) is 18.2. The maximum absolute atomic E-state index is 12.1. The molecule has 1 saturated heterocycles. The van der Waals surface area contributed by atoms with Crippen molar-refractivity contribution in [1.82, 2.24) is 4.90 Å². The van der Waals surface area contributed by atoms with Gasteiger partial charge >= 0.3 is 0 Å². The number of nitrogens with zero attached hydrogens (tertiary/aromatic N) is 3. The van der Waals surface area contributed by atoms with Crippen LogP contribution in [0.4, 0.5) is 11.4 Å². The van der Waals surface area contributed by atoms with Crippen LogP contribution < -0.4 is 15.5 Å². The number of carbonyl (C=O) groups excluding carboxylic acids is 1. The molecule has 6 nitrogen and oxygen atoms in total. The molecule has 0 radical (unpaired) electrons. The Bertz CT molecular complexity index is 1030. The summed E-state index contributed by atoms with van der Waals surface area (Å²) < 4.78 is 0. The van der Waals surface area contributed by atoms with Crippen molar-refractivity contribution >= 4 is 17.3 Å². The molecule has 3 N–H and O–H groups in total. The number of benzene rings is 3. The first-order valence-electron chi connectivity index (χ1n) is 11.0. The number of carbonyl (C=O) groups is 1. The molecule has 0 unspecified atom stereocenters. The highest BCUT2D eigenvalue weighted by molar-refractivity contribution is 5.98. The molecule has 1 aliphatic heterocycles. The Labute approximate surface area is 189 Å². The highest BCUT2D eigenvalue weighted by atomic mass is 16.3. The van der Waals surface area contributed by atoms with Crippen molar-refractivity contribution in [2.24, 2.45) is 5.73 Å². The minimum Gasteiger partial charge on any atom is -0.508 e. The van der Waals surface area contributed by atoms with Gasteiger partial charge in [0.15, 0.2) is 0 Å². The molecule has 32 heavy (non-hydrogen) atoms.